The minimum atomic E-state index is 0.000399. The Labute approximate surface area is 210 Å². The number of aromatic amines is 1. The Hall–Kier alpha value is -3.71. The fourth-order valence-corrected chi connectivity index (χ4v) is 5.33. The van der Waals surface area contributed by atoms with E-state index in [-0.39, 0.29) is 17.0 Å². The Morgan fingerprint density at radius 1 is 1.17 bits per heavy atom. The number of hydrogen-bond donors (Lipinski definition) is 2. The van der Waals surface area contributed by atoms with Gasteiger partial charge in [0.25, 0.3) is 5.56 Å². The van der Waals surface area contributed by atoms with Crippen LogP contribution in [0.15, 0.2) is 70.6 Å². The van der Waals surface area contributed by atoms with Gasteiger partial charge in [0.15, 0.2) is 5.43 Å². The Kier molecular flexibility index (Phi) is 6.74. The summed E-state index contributed by atoms with van der Waals surface area (Å²) in [5.74, 6) is 0.308. The molecule has 2 N–H and O–H groups in total. The number of piperidine rings is 1. The zero-order chi connectivity index (χ0) is 25.2. The summed E-state index contributed by atoms with van der Waals surface area (Å²) in [7, 11) is 1.77. The zero-order valence-electron chi connectivity index (χ0n) is 21.1. The maximum atomic E-state index is 13.2. The van der Waals surface area contributed by atoms with Crippen molar-refractivity contribution in [2.24, 2.45) is 13.0 Å². The van der Waals surface area contributed by atoms with E-state index in [0.717, 1.165) is 54.0 Å². The van der Waals surface area contributed by atoms with Crippen LogP contribution in [0.5, 0.6) is 0 Å². The zero-order valence-corrected chi connectivity index (χ0v) is 21.1. The molecule has 186 valence electrons. The number of hydrogen-bond acceptors (Lipinski definition) is 5. The quantitative estimate of drug-likeness (QED) is 0.433. The SMILES string of the molecule is Cc1cc(C(NCc2c[nH]c3ccccc3c2=O)[C@H]2CCCN(c3ccn(C)c(=O)c3)C2)c(C)cn1. The van der Waals surface area contributed by atoms with E-state index in [1.54, 1.807) is 17.7 Å². The monoisotopic (exact) mass is 483 g/mol. The summed E-state index contributed by atoms with van der Waals surface area (Å²) in [5.41, 5.74) is 5.93. The standard InChI is InChI=1S/C29H33N5O2/c1-19-15-30-20(2)13-25(19)28(32-17-22-16-31-26-9-5-4-8-24(26)29(22)36)21-7-6-11-34(18-21)23-10-12-33(3)27(35)14-23/h4-5,8-10,12-16,21,28,32H,6-7,11,17-18H2,1-3H3,(H,31,36)/t21-,28?/m0/s1. The van der Waals surface area contributed by atoms with E-state index in [2.05, 4.69) is 33.2 Å². The highest BCUT2D eigenvalue weighted by molar-refractivity contribution is 5.78. The van der Waals surface area contributed by atoms with Crippen LogP contribution in [0.2, 0.25) is 0 Å². The molecule has 7 nitrogen and oxygen atoms in total. The Morgan fingerprint density at radius 2 is 2.00 bits per heavy atom. The third-order valence-corrected chi connectivity index (χ3v) is 7.38. The van der Waals surface area contributed by atoms with E-state index < -0.39 is 0 Å². The minimum absolute atomic E-state index is 0.000399. The molecule has 4 aromatic rings. The third kappa shape index (κ3) is 4.84. The molecule has 3 aromatic heterocycles. The topological polar surface area (TPSA) is 83.0 Å². The molecule has 1 aliphatic heterocycles. The number of H-pyrrole nitrogens is 1. The van der Waals surface area contributed by atoms with Crippen molar-refractivity contribution in [2.45, 2.75) is 39.3 Å². The van der Waals surface area contributed by atoms with Crippen LogP contribution in [0.4, 0.5) is 5.69 Å². The van der Waals surface area contributed by atoms with Crippen LogP contribution in [0.25, 0.3) is 10.9 Å². The van der Waals surface area contributed by atoms with Gasteiger partial charge in [0.2, 0.25) is 0 Å². The second-order valence-electron chi connectivity index (χ2n) is 9.91. The minimum Gasteiger partial charge on any atom is -0.371 e. The average Bonchev–Trinajstić information content (AvgIpc) is 2.89. The summed E-state index contributed by atoms with van der Waals surface area (Å²) >= 11 is 0. The van der Waals surface area contributed by atoms with Crippen LogP contribution in [-0.4, -0.2) is 27.6 Å². The van der Waals surface area contributed by atoms with E-state index in [9.17, 15) is 9.59 Å². The van der Waals surface area contributed by atoms with Crippen LogP contribution in [0, 0.1) is 19.8 Å². The summed E-state index contributed by atoms with van der Waals surface area (Å²) in [6.07, 6.45) is 7.70. The van der Waals surface area contributed by atoms with Crippen LogP contribution in [-0.2, 0) is 13.6 Å². The van der Waals surface area contributed by atoms with Gasteiger partial charge in [-0.2, -0.15) is 0 Å². The van der Waals surface area contributed by atoms with Crippen molar-refractivity contribution in [3.63, 3.8) is 0 Å². The average molecular weight is 484 g/mol. The fraction of sp³-hybridized carbons (Fsp3) is 0.345. The molecule has 1 aromatic carbocycles. The largest absolute Gasteiger partial charge is 0.371 e. The maximum Gasteiger partial charge on any atom is 0.252 e. The molecule has 0 amide bonds. The predicted octanol–water partition coefficient (Wildman–Crippen LogP) is 3.99. The summed E-state index contributed by atoms with van der Waals surface area (Å²) in [4.78, 5) is 35.5. The van der Waals surface area contributed by atoms with Crippen LogP contribution in [0.1, 0.15) is 41.3 Å². The number of benzene rings is 1. The number of para-hydroxylation sites is 1. The Bertz CT molecular complexity index is 1510. The van der Waals surface area contributed by atoms with Crippen LogP contribution in [0.3, 0.4) is 0 Å². The van der Waals surface area contributed by atoms with Gasteiger partial charge in [-0.05, 0) is 68.0 Å². The van der Waals surface area contributed by atoms with Gasteiger partial charge in [-0.15, -0.1) is 0 Å². The van der Waals surface area contributed by atoms with Gasteiger partial charge >= 0.3 is 0 Å². The van der Waals surface area contributed by atoms with Crippen LogP contribution >= 0.6 is 0 Å². The number of pyridine rings is 3. The first-order valence-electron chi connectivity index (χ1n) is 12.6. The molecule has 1 saturated heterocycles. The van der Waals surface area contributed by atoms with Gasteiger partial charge in [-0.1, -0.05) is 12.1 Å². The summed E-state index contributed by atoms with van der Waals surface area (Å²) in [6.45, 7) is 6.34. The lowest BCUT2D eigenvalue weighted by atomic mass is 9.84. The summed E-state index contributed by atoms with van der Waals surface area (Å²) in [6, 6.07) is 13.6. The summed E-state index contributed by atoms with van der Waals surface area (Å²) < 4.78 is 1.60. The van der Waals surface area contributed by atoms with Crippen molar-refractivity contribution >= 4 is 16.6 Å². The van der Waals surface area contributed by atoms with E-state index >= 15 is 0 Å². The van der Waals surface area contributed by atoms with Crippen molar-refractivity contribution in [1.82, 2.24) is 19.9 Å². The Morgan fingerprint density at radius 3 is 2.83 bits per heavy atom. The number of aromatic nitrogens is 3. The molecule has 36 heavy (non-hydrogen) atoms. The molecular formula is C29H33N5O2. The van der Waals surface area contributed by atoms with E-state index in [1.807, 2.05) is 55.8 Å². The third-order valence-electron chi connectivity index (χ3n) is 7.38. The van der Waals surface area contributed by atoms with Crippen molar-refractivity contribution in [1.29, 1.82) is 0 Å². The van der Waals surface area contributed by atoms with Gasteiger partial charge in [0, 0.05) is 85.2 Å². The molecular weight excluding hydrogens is 450 g/mol. The van der Waals surface area contributed by atoms with E-state index in [1.165, 1.54) is 5.56 Å². The Balaban J connectivity index is 1.45. The first-order chi connectivity index (χ1) is 17.4. The molecule has 0 aliphatic carbocycles. The molecule has 7 heteroatoms. The number of aryl methyl sites for hydroxylation is 3. The highest BCUT2D eigenvalue weighted by atomic mass is 16.1. The lowest BCUT2D eigenvalue weighted by Crippen LogP contribution is -2.42. The first kappa shape index (κ1) is 24.0. The second-order valence-corrected chi connectivity index (χ2v) is 9.91. The molecule has 0 bridgehead atoms. The van der Waals surface area contributed by atoms with Crippen LogP contribution < -0.4 is 21.2 Å². The normalized spacial score (nSPS) is 16.9. The van der Waals surface area contributed by atoms with Crippen molar-refractivity contribution in [3.05, 3.63) is 104 Å². The molecule has 0 saturated carbocycles. The predicted molar refractivity (Wildman–Crippen MR) is 144 cm³/mol. The van der Waals surface area contributed by atoms with Crippen molar-refractivity contribution < 1.29 is 0 Å². The summed E-state index contributed by atoms with van der Waals surface area (Å²) in [5, 5.41) is 4.46. The highest BCUT2D eigenvalue weighted by Crippen LogP contribution is 2.33. The smallest absolute Gasteiger partial charge is 0.252 e. The second kappa shape index (κ2) is 10.1. The number of anilines is 1. The number of nitrogens with one attached hydrogen (secondary N) is 2. The molecule has 0 spiro atoms. The van der Waals surface area contributed by atoms with Gasteiger partial charge in [-0.3, -0.25) is 14.6 Å². The molecule has 5 rings (SSSR count). The fourth-order valence-electron chi connectivity index (χ4n) is 5.33. The highest BCUT2D eigenvalue weighted by Gasteiger charge is 2.30. The molecule has 1 fully saturated rings. The van der Waals surface area contributed by atoms with Gasteiger partial charge < -0.3 is 19.8 Å². The lowest BCUT2D eigenvalue weighted by Gasteiger charge is -2.39. The van der Waals surface area contributed by atoms with E-state index in [0.29, 0.717) is 17.8 Å². The number of nitrogens with zero attached hydrogens (tertiary/aromatic N) is 3. The van der Waals surface area contributed by atoms with E-state index in [4.69, 9.17) is 0 Å². The molecule has 2 atom stereocenters. The van der Waals surface area contributed by atoms with Gasteiger partial charge in [-0.25, -0.2) is 0 Å². The number of fused-ring (bicyclic) bond motifs is 1. The first-order valence-corrected chi connectivity index (χ1v) is 12.6. The molecule has 4 heterocycles. The molecule has 1 aliphatic rings. The van der Waals surface area contributed by atoms with Gasteiger partial charge in [0.1, 0.15) is 0 Å². The lowest BCUT2D eigenvalue weighted by molar-refractivity contribution is 0.306. The van der Waals surface area contributed by atoms with Crippen molar-refractivity contribution in [3.8, 4) is 0 Å². The van der Waals surface area contributed by atoms with Gasteiger partial charge in [0.05, 0.1) is 0 Å². The molecule has 0 radical (unpaired) electrons. The van der Waals surface area contributed by atoms with Crippen molar-refractivity contribution in [2.75, 3.05) is 18.0 Å². The maximum absolute atomic E-state index is 13.2. The number of rotatable bonds is 6. The molecule has 1 unspecified atom stereocenters.